The van der Waals surface area contributed by atoms with Crippen molar-refractivity contribution in [1.29, 1.82) is 0 Å². The Labute approximate surface area is 200 Å². The zero-order valence-corrected chi connectivity index (χ0v) is 20.0. The summed E-state index contributed by atoms with van der Waals surface area (Å²) in [5.74, 6) is 0.360. The molecule has 33 heavy (non-hydrogen) atoms. The lowest BCUT2D eigenvalue weighted by Gasteiger charge is -2.12. The summed E-state index contributed by atoms with van der Waals surface area (Å²) in [5.41, 5.74) is 3.23. The highest BCUT2D eigenvalue weighted by Crippen LogP contribution is 2.29. The molecule has 0 fully saturated rings. The first kappa shape index (κ1) is 22.8. The Balaban J connectivity index is 1.38. The van der Waals surface area contributed by atoms with Gasteiger partial charge in [0.25, 0.3) is 5.91 Å². The number of methoxy groups -OCH3 is 1. The number of ether oxygens (including phenoxy) is 1. The molecule has 4 rings (SSSR count). The number of hydrogen-bond donors (Lipinski definition) is 2. The normalized spacial score (nSPS) is 11.7. The fraction of sp³-hybridized carbons (Fsp3) is 0.160. The molecule has 0 saturated heterocycles. The van der Waals surface area contributed by atoms with E-state index in [4.69, 9.17) is 4.74 Å². The molecule has 8 heteroatoms. The average Bonchev–Trinajstić information content (AvgIpc) is 3.20. The van der Waals surface area contributed by atoms with Crippen LogP contribution in [-0.2, 0) is 4.79 Å². The van der Waals surface area contributed by atoms with E-state index in [0.29, 0.717) is 22.1 Å². The fourth-order valence-corrected chi connectivity index (χ4v) is 5.04. The van der Waals surface area contributed by atoms with Gasteiger partial charge in [-0.3, -0.25) is 9.59 Å². The number of nitrogens with zero attached hydrogens (tertiary/aromatic N) is 1. The SMILES string of the molecule is COc1ccc(C(=O)Nc2cccc(SC(C)C(=O)Nc3nc4ccc(C)cc4s3)c2)cc1. The van der Waals surface area contributed by atoms with Crippen LogP contribution in [0.2, 0.25) is 0 Å². The number of fused-ring (bicyclic) bond motifs is 1. The molecule has 0 radical (unpaired) electrons. The number of anilines is 2. The van der Waals surface area contributed by atoms with E-state index in [0.717, 1.165) is 20.7 Å². The van der Waals surface area contributed by atoms with E-state index in [-0.39, 0.29) is 17.1 Å². The minimum absolute atomic E-state index is 0.122. The van der Waals surface area contributed by atoms with Crippen molar-refractivity contribution < 1.29 is 14.3 Å². The predicted molar refractivity (Wildman–Crippen MR) is 136 cm³/mol. The largest absolute Gasteiger partial charge is 0.497 e. The van der Waals surface area contributed by atoms with Gasteiger partial charge in [0.2, 0.25) is 5.91 Å². The van der Waals surface area contributed by atoms with Crippen molar-refractivity contribution in [3.63, 3.8) is 0 Å². The van der Waals surface area contributed by atoms with Crippen molar-refractivity contribution in [3.05, 3.63) is 77.9 Å². The van der Waals surface area contributed by atoms with Gasteiger partial charge in [-0.1, -0.05) is 23.5 Å². The van der Waals surface area contributed by atoms with E-state index < -0.39 is 0 Å². The summed E-state index contributed by atoms with van der Waals surface area (Å²) in [6.45, 7) is 3.88. The highest BCUT2D eigenvalue weighted by molar-refractivity contribution is 8.00. The zero-order valence-electron chi connectivity index (χ0n) is 18.4. The van der Waals surface area contributed by atoms with Gasteiger partial charge >= 0.3 is 0 Å². The second kappa shape index (κ2) is 10.1. The van der Waals surface area contributed by atoms with Crippen molar-refractivity contribution in [2.75, 3.05) is 17.7 Å². The Morgan fingerprint density at radius 1 is 1.03 bits per heavy atom. The number of hydrogen-bond acceptors (Lipinski definition) is 6. The van der Waals surface area contributed by atoms with Crippen LogP contribution < -0.4 is 15.4 Å². The molecule has 0 spiro atoms. The van der Waals surface area contributed by atoms with Crippen molar-refractivity contribution in [3.8, 4) is 5.75 Å². The topological polar surface area (TPSA) is 80.3 Å². The van der Waals surface area contributed by atoms with E-state index in [2.05, 4.69) is 21.7 Å². The van der Waals surface area contributed by atoms with Crippen LogP contribution in [0, 0.1) is 6.92 Å². The number of amides is 2. The van der Waals surface area contributed by atoms with E-state index in [9.17, 15) is 9.59 Å². The van der Waals surface area contributed by atoms with Crippen LogP contribution in [0.15, 0.2) is 71.6 Å². The quantitative estimate of drug-likeness (QED) is 0.320. The third-order valence-corrected chi connectivity index (χ3v) is 6.93. The molecule has 1 atom stereocenters. The second-order valence-electron chi connectivity index (χ2n) is 7.45. The maximum atomic E-state index is 12.7. The number of aromatic nitrogens is 1. The minimum Gasteiger partial charge on any atom is -0.497 e. The molecule has 0 saturated carbocycles. The number of carbonyl (C=O) groups excluding carboxylic acids is 2. The Bertz CT molecular complexity index is 1300. The lowest BCUT2D eigenvalue weighted by molar-refractivity contribution is -0.115. The lowest BCUT2D eigenvalue weighted by atomic mass is 10.2. The minimum atomic E-state index is -0.341. The van der Waals surface area contributed by atoms with Gasteiger partial charge < -0.3 is 15.4 Å². The summed E-state index contributed by atoms with van der Waals surface area (Å²) in [4.78, 5) is 30.6. The smallest absolute Gasteiger partial charge is 0.255 e. The van der Waals surface area contributed by atoms with E-state index >= 15 is 0 Å². The first-order chi connectivity index (χ1) is 15.9. The van der Waals surface area contributed by atoms with Gasteiger partial charge in [0.1, 0.15) is 5.75 Å². The molecule has 2 amide bonds. The van der Waals surface area contributed by atoms with Crippen LogP contribution in [-0.4, -0.2) is 29.2 Å². The molecule has 1 aromatic heterocycles. The molecule has 0 aliphatic rings. The molecular weight excluding hydrogens is 454 g/mol. The van der Waals surface area contributed by atoms with E-state index in [1.165, 1.54) is 23.1 Å². The van der Waals surface area contributed by atoms with Gasteiger partial charge in [0, 0.05) is 16.1 Å². The third-order valence-electron chi connectivity index (χ3n) is 4.90. The lowest BCUT2D eigenvalue weighted by Crippen LogP contribution is -2.22. The maximum Gasteiger partial charge on any atom is 0.255 e. The number of thiazole rings is 1. The summed E-state index contributed by atoms with van der Waals surface area (Å²) < 4.78 is 6.17. The molecule has 0 bridgehead atoms. The molecule has 2 N–H and O–H groups in total. The van der Waals surface area contributed by atoms with Crippen LogP contribution in [0.4, 0.5) is 10.8 Å². The van der Waals surface area contributed by atoms with Gasteiger partial charge in [-0.15, -0.1) is 11.8 Å². The Morgan fingerprint density at radius 3 is 2.58 bits per heavy atom. The molecule has 6 nitrogen and oxygen atoms in total. The maximum absolute atomic E-state index is 12.7. The summed E-state index contributed by atoms with van der Waals surface area (Å²) in [7, 11) is 1.58. The second-order valence-corrected chi connectivity index (χ2v) is 9.89. The number of rotatable bonds is 7. The summed E-state index contributed by atoms with van der Waals surface area (Å²) in [6, 6.07) is 20.4. The predicted octanol–water partition coefficient (Wildman–Crippen LogP) is 5.98. The van der Waals surface area contributed by atoms with E-state index in [1.54, 1.807) is 31.4 Å². The molecule has 3 aromatic carbocycles. The van der Waals surface area contributed by atoms with Gasteiger partial charge in [0.05, 0.1) is 22.6 Å². The first-order valence-corrected chi connectivity index (χ1v) is 12.0. The van der Waals surface area contributed by atoms with Gasteiger partial charge in [-0.2, -0.15) is 0 Å². The molecule has 1 heterocycles. The summed E-state index contributed by atoms with van der Waals surface area (Å²) in [5, 5.41) is 6.06. The number of nitrogens with one attached hydrogen (secondary N) is 2. The summed E-state index contributed by atoms with van der Waals surface area (Å²) >= 11 is 2.88. The van der Waals surface area contributed by atoms with Crippen molar-refractivity contribution >= 4 is 55.9 Å². The number of thioether (sulfide) groups is 1. The monoisotopic (exact) mass is 477 g/mol. The standard InChI is InChI=1S/C25H23N3O3S2/c1-15-7-12-21-22(13-15)33-25(27-21)28-23(29)16(2)32-20-6-4-5-18(14-20)26-24(30)17-8-10-19(31-3)11-9-17/h4-14,16H,1-3H3,(H,26,30)(H,27,28,29). The van der Waals surface area contributed by atoms with E-state index in [1.807, 2.05) is 50.2 Å². The van der Waals surface area contributed by atoms with Crippen LogP contribution >= 0.6 is 23.1 Å². The Hall–Kier alpha value is -3.36. The van der Waals surface area contributed by atoms with Crippen molar-refractivity contribution in [1.82, 2.24) is 4.98 Å². The van der Waals surface area contributed by atoms with Crippen LogP contribution in [0.3, 0.4) is 0 Å². The zero-order chi connectivity index (χ0) is 23.4. The Kier molecular flexibility index (Phi) is 6.96. The number of benzene rings is 3. The fourth-order valence-electron chi connectivity index (χ4n) is 3.14. The molecule has 0 aliphatic carbocycles. The molecule has 4 aromatic rings. The first-order valence-electron chi connectivity index (χ1n) is 10.3. The van der Waals surface area contributed by atoms with Crippen LogP contribution in [0.5, 0.6) is 5.75 Å². The van der Waals surface area contributed by atoms with Crippen molar-refractivity contribution in [2.45, 2.75) is 24.0 Å². The molecule has 1 unspecified atom stereocenters. The molecule has 168 valence electrons. The number of aryl methyl sites for hydroxylation is 1. The van der Waals surface area contributed by atoms with Gasteiger partial charge in [0.15, 0.2) is 5.13 Å². The number of carbonyl (C=O) groups is 2. The van der Waals surface area contributed by atoms with Gasteiger partial charge in [-0.25, -0.2) is 4.98 Å². The van der Waals surface area contributed by atoms with Crippen molar-refractivity contribution in [2.24, 2.45) is 0 Å². The average molecular weight is 478 g/mol. The molecule has 0 aliphatic heterocycles. The van der Waals surface area contributed by atoms with Crippen LogP contribution in [0.25, 0.3) is 10.2 Å². The Morgan fingerprint density at radius 2 is 1.82 bits per heavy atom. The third kappa shape index (κ3) is 5.71. The van der Waals surface area contributed by atoms with Crippen LogP contribution in [0.1, 0.15) is 22.8 Å². The van der Waals surface area contributed by atoms with Gasteiger partial charge in [-0.05, 0) is 74.0 Å². The molecular formula is C25H23N3O3S2. The summed E-state index contributed by atoms with van der Waals surface area (Å²) in [6.07, 6.45) is 0. The highest BCUT2D eigenvalue weighted by Gasteiger charge is 2.17. The highest BCUT2D eigenvalue weighted by atomic mass is 32.2.